The number of aryl methyl sites for hydroxylation is 2. The second-order valence-electron chi connectivity index (χ2n) is 6.27. The fourth-order valence-corrected chi connectivity index (χ4v) is 4.15. The average molecular weight is 372 g/mol. The fourth-order valence-electron chi connectivity index (χ4n) is 3.01. The average Bonchev–Trinajstić information content (AvgIpc) is 2.93. The molecule has 25 heavy (non-hydrogen) atoms. The first-order valence-electron chi connectivity index (χ1n) is 8.74. The molecule has 9 heteroatoms. The molecule has 0 saturated carbocycles. The molecule has 0 atom stereocenters. The van der Waals surface area contributed by atoms with Crippen LogP contribution in [0.15, 0.2) is 9.52 Å². The quantitative estimate of drug-likeness (QED) is 0.567. The third kappa shape index (κ3) is 5.18. The SMILES string of the molecule is CCS(=O)(=O)N1CCC(NC(=NC)NCCc2c(C)noc2C)CC1. The number of hydrogen-bond acceptors (Lipinski definition) is 5. The number of rotatable bonds is 6. The molecule has 0 aromatic carbocycles. The Kier molecular flexibility index (Phi) is 6.83. The summed E-state index contributed by atoms with van der Waals surface area (Å²) in [7, 11) is -1.34. The van der Waals surface area contributed by atoms with Crippen LogP contribution in [-0.4, -0.2) is 62.3 Å². The van der Waals surface area contributed by atoms with E-state index < -0.39 is 10.0 Å². The number of nitrogens with one attached hydrogen (secondary N) is 2. The molecular weight excluding hydrogens is 342 g/mol. The third-order valence-corrected chi connectivity index (χ3v) is 6.51. The van der Waals surface area contributed by atoms with Gasteiger partial charge in [-0.1, -0.05) is 5.16 Å². The highest BCUT2D eigenvalue weighted by Crippen LogP contribution is 2.14. The molecule has 0 spiro atoms. The highest BCUT2D eigenvalue weighted by Gasteiger charge is 2.26. The maximum absolute atomic E-state index is 11.9. The molecule has 2 heterocycles. The van der Waals surface area contributed by atoms with Gasteiger partial charge < -0.3 is 15.2 Å². The fraction of sp³-hybridized carbons (Fsp3) is 0.750. The van der Waals surface area contributed by atoms with Crippen molar-refractivity contribution in [2.24, 2.45) is 4.99 Å². The minimum absolute atomic E-state index is 0.163. The lowest BCUT2D eigenvalue weighted by Crippen LogP contribution is -2.50. The van der Waals surface area contributed by atoms with Crippen molar-refractivity contribution in [1.29, 1.82) is 0 Å². The number of hydrogen-bond donors (Lipinski definition) is 2. The number of guanidine groups is 1. The van der Waals surface area contributed by atoms with Crippen molar-refractivity contribution in [2.75, 3.05) is 32.4 Å². The summed E-state index contributed by atoms with van der Waals surface area (Å²) < 4.78 is 30.6. The molecule has 8 nitrogen and oxygen atoms in total. The summed E-state index contributed by atoms with van der Waals surface area (Å²) in [4.78, 5) is 4.25. The minimum Gasteiger partial charge on any atom is -0.361 e. The van der Waals surface area contributed by atoms with Crippen LogP contribution in [0.1, 0.15) is 36.8 Å². The van der Waals surface area contributed by atoms with Crippen molar-refractivity contribution in [1.82, 2.24) is 20.1 Å². The first-order valence-corrected chi connectivity index (χ1v) is 10.3. The van der Waals surface area contributed by atoms with Gasteiger partial charge in [0.25, 0.3) is 0 Å². The minimum atomic E-state index is -3.08. The normalized spacial score (nSPS) is 17.7. The summed E-state index contributed by atoms with van der Waals surface area (Å²) in [6.07, 6.45) is 2.38. The van der Waals surface area contributed by atoms with Gasteiger partial charge in [0.05, 0.1) is 11.4 Å². The van der Waals surface area contributed by atoms with Gasteiger partial charge in [-0.2, -0.15) is 0 Å². The van der Waals surface area contributed by atoms with Crippen LogP contribution in [0.4, 0.5) is 0 Å². The Morgan fingerprint density at radius 3 is 2.56 bits per heavy atom. The molecule has 142 valence electrons. The van der Waals surface area contributed by atoms with E-state index in [2.05, 4.69) is 20.8 Å². The Labute approximate surface area is 150 Å². The van der Waals surface area contributed by atoms with Crippen molar-refractivity contribution < 1.29 is 12.9 Å². The van der Waals surface area contributed by atoms with Gasteiger partial charge in [0.1, 0.15) is 5.76 Å². The van der Waals surface area contributed by atoms with Gasteiger partial charge in [0.2, 0.25) is 10.0 Å². The van der Waals surface area contributed by atoms with E-state index in [0.717, 1.165) is 48.8 Å². The standard InChI is InChI=1S/C16H29N5O3S/c1-5-25(22,23)21-10-7-14(8-11-21)19-16(17-4)18-9-6-15-12(2)20-24-13(15)3/h14H,5-11H2,1-4H3,(H2,17,18,19). The van der Waals surface area contributed by atoms with Crippen LogP contribution in [0.25, 0.3) is 0 Å². The summed E-state index contributed by atoms with van der Waals surface area (Å²) in [5.41, 5.74) is 2.05. The lowest BCUT2D eigenvalue weighted by atomic mass is 10.1. The molecule has 0 amide bonds. The van der Waals surface area contributed by atoms with Crippen molar-refractivity contribution in [3.63, 3.8) is 0 Å². The number of piperidine rings is 1. The molecule has 2 N–H and O–H groups in total. The molecular formula is C16H29N5O3S. The smallest absolute Gasteiger partial charge is 0.213 e. The van der Waals surface area contributed by atoms with Crippen LogP contribution < -0.4 is 10.6 Å². The molecule has 1 saturated heterocycles. The number of nitrogens with zero attached hydrogens (tertiary/aromatic N) is 3. The molecule has 1 fully saturated rings. The first-order chi connectivity index (χ1) is 11.9. The number of sulfonamides is 1. The Morgan fingerprint density at radius 1 is 1.36 bits per heavy atom. The Morgan fingerprint density at radius 2 is 2.04 bits per heavy atom. The predicted molar refractivity (Wildman–Crippen MR) is 98.2 cm³/mol. The second kappa shape index (κ2) is 8.66. The molecule has 1 aliphatic heterocycles. The zero-order valence-electron chi connectivity index (χ0n) is 15.5. The van der Waals surface area contributed by atoms with E-state index in [0.29, 0.717) is 13.1 Å². The van der Waals surface area contributed by atoms with Gasteiger partial charge in [-0.25, -0.2) is 12.7 Å². The van der Waals surface area contributed by atoms with Crippen LogP contribution >= 0.6 is 0 Å². The van der Waals surface area contributed by atoms with Crippen LogP contribution in [0, 0.1) is 13.8 Å². The highest BCUT2D eigenvalue weighted by molar-refractivity contribution is 7.89. The second-order valence-corrected chi connectivity index (χ2v) is 8.53. The lowest BCUT2D eigenvalue weighted by molar-refractivity contribution is 0.306. The molecule has 2 rings (SSSR count). The van der Waals surface area contributed by atoms with Crippen molar-refractivity contribution in [3.05, 3.63) is 17.0 Å². The first kappa shape index (κ1) is 19.7. The Bertz CT molecular complexity index is 671. The molecule has 0 radical (unpaired) electrons. The highest BCUT2D eigenvalue weighted by atomic mass is 32.2. The van der Waals surface area contributed by atoms with Crippen LogP contribution in [0.3, 0.4) is 0 Å². The number of aromatic nitrogens is 1. The summed E-state index contributed by atoms with van der Waals surface area (Å²) in [6.45, 7) is 7.39. The van der Waals surface area contributed by atoms with E-state index >= 15 is 0 Å². The van der Waals surface area contributed by atoms with Crippen LogP contribution in [-0.2, 0) is 16.4 Å². The maximum Gasteiger partial charge on any atom is 0.213 e. The number of aliphatic imine (C=N–C) groups is 1. The van der Waals surface area contributed by atoms with Crippen LogP contribution in [0.5, 0.6) is 0 Å². The summed E-state index contributed by atoms with van der Waals surface area (Å²) >= 11 is 0. The maximum atomic E-state index is 11.9. The van der Waals surface area contributed by atoms with Gasteiger partial charge >= 0.3 is 0 Å². The van der Waals surface area contributed by atoms with Gasteiger partial charge in [-0.15, -0.1) is 0 Å². The van der Waals surface area contributed by atoms with E-state index in [1.54, 1.807) is 18.3 Å². The molecule has 0 bridgehead atoms. The van der Waals surface area contributed by atoms with E-state index in [-0.39, 0.29) is 11.8 Å². The largest absolute Gasteiger partial charge is 0.361 e. The van der Waals surface area contributed by atoms with E-state index in [9.17, 15) is 8.42 Å². The van der Waals surface area contributed by atoms with Crippen molar-refractivity contribution in [3.8, 4) is 0 Å². The monoisotopic (exact) mass is 371 g/mol. The predicted octanol–water partition coefficient (Wildman–Crippen LogP) is 0.813. The van der Waals surface area contributed by atoms with Gasteiger partial charge in [0.15, 0.2) is 5.96 Å². The Balaban J connectivity index is 1.78. The molecule has 1 aromatic rings. The van der Waals surface area contributed by atoms with Crippen molar-refractivity contribution in [2.45, 2.75) is 46.1 Å². The van der Waals surface area contributed by atoms with E-state index in [1.165, 1.54) is 0 Å². The zero-order valence-corrected chi connectivity index (χ0v) is 16.3. The summed E-state index contributed by atoms with van der Waals surface area (Å²) in [6, 6.07) is 0.230. The van der Waals surface area contributed by atoms with Crippen LogP contribution in [0.2, 0.25) is 0 Å². The Hall–Kier alpha value is -1.61. The topological polar surface area (TPSA) is 99.8 Å². The molecule has 0 aliphatic carbocycles. The lowest BCUT2D eigenvalue weighted by Gasteiger charge is -2.32. The van der Waals surface area contributed by atoms with Gasteiger partial charge in [0, 0.05) is 38.3 Å². The summed E-state index contributed by atoms with van der Waals surface area (Å²) in [5, 5.41) is 10.6. The third-order valence-electron chi connectivity index (χ3n) is 4.63. The molecule has 1 aliphatic rings. The van der Waals surface area contributed by atoms with Crippen molar-refractivity contribution >= 4 is 16.0 Å². The van der Waals surface area contributed by atoms with Gasteiger partial charge in [-0.05, 0) is 40.0 Å². The van der Waals surface area contributed by atoms with Gasteiger partial charge in [-0.3, -0.25) is 4.99 Å². The summed E-state index contributed by atoms with van der Waals surface area (Å²) in [5.74, 6) is 1.76. The van der Waals surface area contributed by atoms with E-state index in [4.69, 9.17) is 4.52 Å². The molecule has 0 unspecified atom stereocenters. The molecule has 1 aromatic heterocycles. The van der Waals surface area contributed by atoms with E-state index in [1.807, 2.05) is 13.8 Å². The zero-order chi connectivity index (χ0) is 18.4.